The molecular weight excluding hydrogens is 301 g/mol. The molecule has 0 fully saturated rings. The quantitative estimate of drug-likeness (QED) is 0.885. The third-order valence-corrected chi connectivity index (χ3v) is 4.20. The Bertz CT molecular complexity index is 591. The predicted molar refractivity (Wildman–Crippen MR) is 78.9 cm³/mol. The minimum Gasteiger partial charge on any atom is -0.387 e. The van der Waals surface area contributed by atoms with Crippen LogP contribution in [-0.2, 0) is 0 Å². The highest BCUT2D eigenvalue weighted by Gasteiger charge is 2.12. The number of nitrogens with one attached hydrogen (secondary N) is 1. The number of anilines is 1. The number of nitrogens with zero attached hydrogens (tertiary/aromatic N) is 2. The maximum atomic E-state index is 13.3. The van der Waals surface area contributed by atoms with E-state index >= 15 is 0 Å². The van der Waals surface area contributed by atoms with Crippen molar-refractivity contribution in [3.8, 4) is 0 Å². The molecule has 20 heavy (non-hydrogen) atoms. The van der Waals surface area contributed by atoms with Crippen LogP contribution in [0, 0.1) is 5.82 Å². The molecule has 2 N–H and O–H groups in total. The van der Waals surface area contributed by atoms with E-state index in [2.05, 4.69) is 15.5 Å². The van der Waals surface area contributed by atoms with E-state index in [1.807, 2.05) is 13.8 Å². The minimum absolute atomic E-state index is 0.0413. The Kier molecular flexibility index (Phi) is 4.91. The van der Waals surface area contributed by atoms with Crippen molar-refractivity contribution in [3.63, 3.8) is 0 Å². The van der Waals surface area contributed by atoms with Gasteiger partial charge in [-0.25, -0.2) is 4.39 Å². The molecule has 0 saturated heterocycles. The highest BCUT2D eigenvalue weighted by atomic mass is 35.5. The fraction of sp³-hybridized carbons (Fsp3) is 0.385. The standard InChI is InChI=1S/C13H15ClFN3OS/c1-7(2)12-17-18-13(20-12)16-6-11(19)8-3-4-9(14)10(15)5-8/h3-5,7,11,19H,6H2,1-2H3,(H,16,18). The van der Waals surface area contributed by atoms with Gasteiger partial charge >= 0.3 is 0 Å². The summed E-state index contributed by atoms with van der Waals surface area (Å²) in [5.74, 6) is -0.223. The van der Waals surface area contributed by atoms with Gasteiger partial charge in [-0.15, -0.1) is 10.2 Å². The van der Waals surface area contributed by atoms with E-state index < -0.39 is 11.9 Å². The Morgan fingerprint density at radius 1 is 1.40 bits per heavy atom. The SMILES string of the molecule is CC(C)c1nnc(NCC(O)c2ccc(Cl)c(F)c2)s1. The number of hydrogen-bond acceptors (Lipinski definition) is 5. The number of halogens is 2. The van der Waals surface area contributed by atoms with Gasteiger partial charge in [-0.3, -0.25) is 0 Å². The van der Waals surface area contributed by atoms with Crippen LogP contribution in [0.15, 0.2) is 18.2 Å². The molecule has 2 rings (SSSR count). The van der Waals surface area contributed by atoms with E-state index in [-0.39, 0.29) is 11.6 Å². The van der Waals surface area contributed by atoms with Crippen LogP contribution in [0.2, 0.25) is 5.02 Å². The fourth-order valence-electron chi connectivity index (χ4n) is 1.56. The number of aromatic nitrogens is 2. The molecule has 0 saturated carbocycles. The van der Waals surface area contributed by atoms with Gasteiger partial charge in [-0.05, 0) is 17.7 Å². The van der Waals surface area contributed by atoms with Gasteiger partial charge in [0, 0.05) is 12.5 Å². The summed E-state index contributed by atoms with van der Waals surface area (Å²) in [6, 6.07) is 4.25. The monoisotopic (exact) mass is 315 g/mol. The van der Waals surface area contributed by atoms with Gasteiger partial charge in [-0.2, -0.15) is 0 Å². The molecule has 0 radical (unpaired) electrons. The first-order valence-corrected chi connectivity index (χ1v) is 7.37. The van der Waals surface area contributed by atoms with Gasteiger partial charge in [0.1, 0.15) is 10.8 Å². The van der Waals surface area contributed by atoms with Gasteiger partial charge in [0.05, 0.1) is 11.1 Å². The van der Waals surface area contributed by atoms with E-state index in [1.165, 1.54) is 23.5 Å². The molecule has 2 aromatic rings. The summed E-state index contributed by atoms with van der Waals surface area (Å²) in [5.41, 5.74) is 0.466. The van der Waals surface area contributed by atoms with Crippen molar-refractivity contribution in [2.75, 3.05) is 11.9 Å². The van der Waals surface area contributed by atoms with Crippen LogP contribution in [0.3, 0.4) is 0 Å². The topological polar surface area (TPSA) is 58.0 Å². The third-order valence-electron chi connectivity index (χ3n) is 2.71. The summed E-state index contributed by atoms with van der Waals surface area (Å²) in [6.45, 7) is 4.30. The molecule has 108 valence electrons. The molecular formula is C13H15ClFN3OS. The zero-order valence-corrected chi connectivity index (χ0v) is 12.7. The third kappa shape index (κ3) is 3.65. The highest BCUT2D eigenvalue weighted by molar-refractivity contribution is 7.15. The predicted octanol–water partition coefficient (Wildman–Crippen LogP) is 3.60. The van der Waals surface area contributed by atoms with E-state index in [0.717, 1.165) is 5.01 Å². The smallest absolute Gasteiger partial charge is 0.205 e. The van der Waals surface area contributed by atoms with Gasteiger partial charge in [0.15, 0.2) is 0 Å². The Hall–Kier alpha value is -1.24. The number of aliphatic hydroxyl groups excluding tert-OH is 1. The van der Waals surface area contributed by atoms with Crippen LogP contribution < -0.4 is 5.32 Å². The van der Waals surface area contributed by atoms with Crippen LogP contribution in [0.4, 0.5) is 9.52 Å². The molecule has 0 amide bonds. The molecule has 7 heteroatoms. The average molecular weight is 316 g/mol. The van der Waals surface area contributed by atoms with Crippen molar-refractivity contribution < 1.29 is 9.50 Å². The summed E-state index contributed by atoms with van der Waals surface area (Å²) in [6.07, 6.45) is -0.840. The summed E-state index contributed by atoms with van der Waals surface area (Å²) in [4.78, 5) is 0. The molecule has 1 aromatic heterocycles. The number of aliphatic hydroxyl groups is 1. The van der Waals surface area contributed by atoms with Crippen molar-refractivity contribution >= 4 is 28.1 Å². The maximum Gasteiger partial charge on any atom is 0.205 e. The zero-order valence-electron chi connectivity index (χ0n) is 11.1. The van der Waals surface area contributed by atoms with Gasteiger partial charge in [0.25, 0.3) is 0 Å². The Morgan fingerprint density at radius 3 is 2.75 bits per heavy atom. The van der Waals surface area contributed by atoms with E-state index in [1.54, 1.807) is 6.07 Å². The first kappa shape index (κ1) is 15.2. The average Bonchev–Trinajstić information content (AvgIpc) is 2.88. The maximum absolute atomic E-state index is 13.3. The highest BCUT2D eigenvalue weighted by Crippen LogP contribution is 2.24. The summed E-state index contributed by atoms with van der Waals surface area (Å²) < 4.78 is 13.3. The Morgan fingerprint density at radius 2 is 2.15 bits per heavy atom. The molecule has 1 heterocycles. The molecule has 0 aliphatic carbocycles. The largest absolute Gasteiger partial charge is 0.387 e. The Labute approximate surface area is 125 Å². The minimum atomic E-state index is -0.840. The fourth-order valence-corrected chi connectivity index (χ4v) is 2.43. The molecule has 0 aliphatic heterocycles. The zero-order chi connectivity index (χ0) is 14.7. The van der Waals surface area contributed by atoms with Crippen molar-refractivity contribution in [2.45, 2.75) is 25.9 Å². The van der Waals surface area contributed by atoms with Gasteiger partial charge in [0.2, 0.25) is 5.13 Å². The van der Waals surface area contributed by atoms with E-state index in [9.17, 15) is 9.50 Å². The second-order valence-electron chi connectivity index (χ2n) is 4.67. The van der Waals surface area contributed by atoms with Crippen molar-refractivity contribution in [2.24, 2.45) is 0 Å². The lowest BCUT2D eigenvalue weighted by Crippen LogP contribution is -2.12. The Balaban J connectivity index is 1.97. The van der Waals surface area contributed by atoms with Crippen LogP contribution in [0.5, 0.6) is 0 Å². The number of rotatable bonds is 5. The summed E-state index contributed by atoms with van der Waals surface area (Å²) >= 11 is 7.05. The molecule has 4 nitrogen and oxygen atoms in total. The second kappa shape index (κ2) is 6.47. The van der Waals surface area contributed by atoms with Crippen molar-refractivity contribution in [1.29, 1.82) is 0 Å². The first-order chi connectivity index (χ1) is 9.47. The van der Waals surface area contributed by atoms with Gasteiger partial charge in [-0.1, -0.05) is 42.9 Å². The molecule has 0 aliphatic rings. The lowest BCUT2D eigenvalue weighted by atomic mass is 10.1. The normalized spacial score (nSPS) is 12.7. The number of benzene rings is 1. The first-order valence-electron chi connectivity index (χ1n) is 6.17. The molecule has 0 bridgehead atoms. The number of hydrogen-bond donors (Lipinski definition) is 2. The van der Waals surface area contributed by atoms with Crippen LogP contribution >= 0.6 is 22.9 Å². The van der Waals surface area contributed by atoms with E-state index in [0.29, 0.717) is 16.6 Å². The molecule has 1 unspecified atom stereocenters. The molecule has 1 aromatic carbocycles. The van der Waals surface area contributed by atoms with Gasteiger partial charge < -0.3 is 10.4 Å². The van der Waals surface area contributed by atoms with E-state index in [4.69, 9.17) is 11.6 Å². The van der Waals surface area contributed by atoms with Crippen LogP contribution in [0.25, 0.3) is 0 Å². The van der Waals surface area contributed by atoms with Crippen molar-refractivity contribution in [3.05, 3.63) is 39.6 Å². The molecule has 0 spiro atoms. The second-order valence-corrected chi connectivity index (χ2v) is 6.09. The van der Waals surface area contributed by atoms with Crippen LogP contribution in [0.1, 0.15) is 36.4 Å². The van der Waals surface area contributed by atoms with Crippen molar-refractivity contribution in [1.82, 2.24) is 10.2 Å². The molecule has 1 atom stereocenters. The lowest BCUT2D eigenvalue weighted by molar-refractivity contribution is 0.191. The summed E-state index contributed by atoms with van der Waals surface area (Å²) in [7, 11) is 0. The van der Waals surface area contributed by atoms with Crippen LogP contribution in [-0.4, -0.2) is 21.8 Å². The summed E-state index contributed by atoms with van der Waals surface area (Å²) in [5, 5.41) is 22.6. The lowest BCUT2D eigenvalue weighted by Gasteiger charge is -2.11.